The van der Waals surface area contributed by atoms with E-state index in [1.165, 1.54) is 18.2 Å². The third-order valence-corrected chi connectivity index (χ3v) is 3.47. The topological polar surface area (TPSA) is 39.2 Å². The second-order valence-electron chi connectivity index (χ2n) is 4.70. The molecule has 0 bridgehead atoms. The fourth-order valence-electron chi connectivity index (χ4n) is 2.43. The summed E-state index contributed by atoms with van der Waals surface area (Å²) in [4.78, 5) is 0. The minimum Gasteiger partial charge on any atom is -0.459 e. The Morgan fingerprint density at radius 3 is 2.30 bits per heavy atom. The first kappa shape index (κ1) is 12.8. The number of hydrogen-bond donors (Lipinski definition) is 1. The average molecular weight is 273 g/mol. The number of para-hydroxylation sites is 1. The van der Waals surface area contributed by atoms with E-state index in [9.17, 15) is 8.78 Å². The molecule has 102 valence electrons. The molecule has 0 spiro atoms. The Morgan fingerprint density at radius 2 is 1.65 bits per heavy atom. The van der Waals surface area contributed by atoms with Gasteiger partial charge in [0.2, 0.25) is 0 Å². The molecular formula is C16H13F2NO. The summed E-state index contributed by atoms with van der Waals surface area (Å²) in [5.74, 6) is -0.954. The van der Waals surface area contributed by atoms with Crippen LogP contribution in [0.15, 0.2) is 46.9 Å². The molecule has 0 radical (unpaired) electrons. The van der Waals surface area contributed by atoms with Crippen molar-refractivity contribution in [3.63, 3.8) is 0 Å². The molecule has 1 aromatic heterocycles. The highest BCUT2D eigenvalue weighted by molar-refractivity contribution is 5.82. The van der Waals surface area contributed by atoms with Gasteiger partial charge in [0, 0.05) is 16.5 Å². The summed E-state index contributed by atoms with van der Waals surface area (Å²) in [6.07, 6.45) is 0. The van der Waals surface area contributed by atoms with Gasteiger partial charge in [-0.1, -0.05) is 24.3 Å². The van der Waals surface area contributed by atoms with Gasteiger partial charge in [-0.3, -0.25) is 0 Å². The van der Waals surface area contributed by atoms with Gasteiger partial charge in [-0.05, 0) is 25.1 Å². The van der Waals surface area contributed by atoms with Crippen molar-refractivity contribution in [3.05, 3.63) is 71.0 Å². The highest BCUT2D eigenvalue weighted by atomic mass is 19.1. The lowest BCUT2D eigenvalue weighted by molar-refractivity contribution is 0.485. The van der Waals surface area contributed by atoms with Crippen LogP contribution in [0.2, 0.25) is 0 Å². The highest BCUT2D eigenvalue weighted by Gasteiger charge is 2.24. The van der Waals surface area contributed by atoms with Gasteiger partial charge in [0.1, 0.15) is 23.0 Å². The maximum Gasteiger partial charge on any atom is 0.134 e. The molecule has 3 aromatic rings. The molecule has 0 saturated carbocycles. The molecule has 0 amide bonds. The molecule has 2 aromatic carbocycles. The van der Waals surface area contributed by atoms with Crippen molar-refractivity contribution >= 4 is 11.0 Å². The Bertz CT molecular complexity index is 759. The number of benzene rings is 2. The summed E-state index contributed by atoms with van der Waals surface area (Å²) in [7, 11) is 0. The van der Waals surface area contributed by atoms with Crippen LogP contribution in [0.25, 0.3) is 11.0 Å². The molecule has 1 heterocycles. The molecule has 0 aliphatic carbocycles. The Balaban J connectivity index is 2.18. The van der Waals surface area contributed by atoms with Crippen LogP contribution in [0.3, 0.4) is 0 Å². The Kier molecular flexibility index (Phi) is 3.03. The Morgan fingerprint density at radius 1 is 1.00 bits per heavy atom. The lowest BCUT2D eigenvalue weighted by atomic mass is 10.0. The number of fused-ring (bicyclic) bond motifs is 1. The Hall–Kier alpha value is -2.20. The number of halogens is 2. The summed E-state index contributed by atoms with van der Waals surface area (Å²) in [6, 6.07) is 10.1. The van der Waals surface area contributed by atoms with Crippen molar-refractivity contribution in [2.24, 2.45) is 5.73 Å². The summed E-state index contributed by atoms with van der Waals surface area (Å²) in [5, 5.41) is 0.898. The van der Waals surface area contributed by atoms with Gasteiger partial charge in [-0.15, -0.1) is 0 Å². The number of rotatable bonds is 2. The first-order valence-electron chi connectivity index (χ1n) is 6.27. The average Bonchev–Trinajstić information content (AvgIpc) is 2.76. The van der Waals surface area contributed by atoms with E-state index >= 15 is 0 Å². The zero-order valence-corrected chi connectivity index (χ0v) is 10.9. The van der Waals surface area contributed by atoms with Crippen LogP contribution in [0.1, 0.15) is 22.9 Å². The van der Waals surface area contributed by atoms with Crippen molar-refractivity contribution in [2.75, 3.05) is 0 Å². The van der Waals surface area contributed by atoms with Crippen molar-refractivity contribution in [1.82, 2.24) is 0 Å². The van der Waals surface area contributed by atoms with Gasteiger partial charge in [-0.25, -0.2) is 8.78 Å². The van der Waals surface area contributed by atoms with E-state index in [0.29, 0.717) is 11.3 Å². The number of hydrogen-bond acceptors (Lipinski definition) is 2. The van der Waals surface area contributed by atoms with Crippen molar-refractivity contribution in [2.45, 2.75) is 13.0 Å². The molecule has 0 saturated heterocycles. The van der Waals surface area contributed by atoms with Crippen molar-refractivity contribution in [1.29, 1.82) is 0 Å². The Labute approximate surface area is 114 Å². The van der Waals surface area contributed by atoms with Crippen LogP contribution in [0.5, 0.6) is 0 Å². The minimum atomic E-state index is -0.969. The third-order valence-electron chi connectivity index (χ3n) is 3.47. The fourth-order valence-corrected chi connectivity index (χ4v) is 2.43. The minimum absolute atomic E-state index is 0.172. The SMILES string of the molecule is Cc1c(C(N)c2c(F)cccc2F)oc2ccccc12. The van der Waals surface area contributed by atoms with E-state index in [-0.39, 0.29) is 5.56 Å². The maximum atomic E-state index is 13.8. The largest absolute Gasteiger partial charge is 0.459 e. The molecular weight excluding hydrogens is 260 g/mol. The molecule has 2 nitrogen and oxygen atoms in total. The van der Waals surface area contributed by atoms with Gasteiger partial charge in [-0.2, -0.15) is 0 Å². The maximum absolute atomic E-state index is 13.8. The van der Waals surface area contributed by atoms with E-state index in [2.05, 4.69) is 0 Å². The highest BCUT2D eigenvalue weighted by Crippen LogP contribution is 2.33. The molecule has 0 aliphatic rings. The second kappa shape index (κ2) is 4.72. The van der Waals surface area contributed by atoms with Crippen molar-refractivity contribution < 1.29 is 13.2 Å². The standard InChI is InChI=1S/C16H13F2NO/c1-9-10-5-2-3-8-13(10)20-16(9)15(19)14-11(17)6-4-7-12(14)18/h2-8,15H,19H2,1H3. The van der Waals surface area contributed by atoms with Crippen LogP contribution < -0.4 is 5.73 Å². The summed E-state index contributed by atoms with van der Waals surface area (Å²) >= 11 is 0. The van der Waals surface area contributed by atoms with Gasteiger partial charge in [0.25, 0.3) is 0 Å². The van der Waals surface area contributed by atoms with Crippen LogP contribution >= 0.6 is 0 Å². The van der Waals surface area contributed by atoms with Crippen LogP contribution in [0.4, 0.5) is 8.78 Å². The normalized spacial score (nSPS) is 12.8. The quantitative estimate of drug-likeness (QED) is 0.764. The predicted molar refractivity (Wildman–Crippen MR) is 73.3 cm³/mol. The zero-order valence-electron chi connectivity index (χ0n) is 10.9. The molecule has 2 N–H and O–H groups in total. The van der Waals surface area contributed by atoms with Crippen LogP contribution in [-0.2, 0) is 0 Å². The summed E-state index contributed by atoms with van der Waals surface area (Å²) in [6.45, 7) is 1.83. The van der Waals surface area contributed by atoms with Gasteiger partial charge in [0.15, 0.2) is 0 Å². The zero-order chi connectivity index (χ0) is 14.3. The fraction of sp³-hybridized carbons (Fsp3) is 0.125. The van der Waals surface area contributed by atoms with E-state index in [1.54, 1.807) is 6.07 Å². The van der Waals surface area contributed by atoms with Gasteiger partial charge in [0.05, 0.1) is 6.04 Å². The number of furan rings is 1. The van der Waals surface area contributed by atoms with Gasteiger partial charge < -0.3 is 10.2 Å². The van der Waals surface area contributed by atoms with Crippen molar-refractivity contribution in [3.8, 4) is 0 Å². The first-order valence-corrected chi connectivity index (χ1v) is 6.27. The van der Waals surface area contributed by atoms with Crippen LogP contribution in [-0.4, -0.2) is 0 Å². The molecule has 4 heteroatoms. The van der Waals surface area contributed by atoms with E-state index in [4.69, 9.17) is 10.2 Å². The second-order valence-corrected chi connectivity index (χ2v) is 4.70. The van der Waals surface area contributed by atoms with Crippen LogP contribution in [0, 0.1) is 18.6 Å². The predicted octanol–water partition coefficient (Wildman–Crippen LogP) is 4.07. The lowest BCUT2D eigenvalue weighted by Crippen LogP contribution is -2.15. The van der Waals surface area contributed by atoms with E-state index < -0.39 is 17.7 Å². The smallest absolute Gasteiger partial charge is 0.134 e. The number of aryl methyl sites for hydroxylation is 1. The molecule has 0 aliphatic heterocycles. The number of nitrogens with two attached hydrogens (primary N) is 1. The molecule has 1 unspecified atom stereocenters. The first-order chi connectivity index (χ1) is 9.59. The summed E-state index contributed by atoms with van der Waals surface area (Å²) in [5.41, 5.74) is 7.30. The molecule has 20 heavy (non-hydrogen) atoms. The molecule has 3 rings (SSSR count). The van der Waals surface area contributed by atoms with E-state index in [1.807, 2.05) is 25.1 Å². The summed E-state index contributed by atoms with van der Waals surface area (Å²) < 4.78 is 33.3. The third kappa shape index (κ3) is 1.89. The van der Waals surface area contributed by atoms with E-state index in [0.717, 1.165) is 10.9 Å². The lowest BCUT2D eigenvalue weighted by Gasteiger charge is -2.12. The van der Waals surface area contributed by atoms with Gasteiger partial charge >= 0.3 is 0 Å². The molecule has 0 fully saturated rings. The monoisotopic (exact) mass is 273 g/mol. The molecule has 1 atom stereocenters.